The van der Waals surface area contributed by atoms with Gasteiger partial charge in [-0.2, -0.15) is 0 Å². The van der Waals surface area contributed by atoms with Crippen molar-refractivity contribution < 1.29 is 9.53 Å². The van der Waals surface area contributed by atoms with Crippen molar-refractivity contribution in [1.82, 2.24) is 15.3 Å². The molecule has 28 heavy (non-hydrogen) atoms. The first kappa shape index (κ1) is 17.7. The zero-order valence-corrected chi connectivity index (χ0v) is 16.7. The standard InChI is InChI=1S/C23H27N3O2/c1-14-10-11-24-20(25-14)19(15-8-9-15)26-21(27)17-12-23(17)13-22(2,3)28-18-7-5-4-6-16(18)23/h4-7,10-11,15,17,19H,8-9,12-13H2,1-3H3,(H,26,27)/t17-,19-,23+/m1/s1. The molecular weight excluding hydrogens is 350 g/mol. The number of fused-ring (bicyclic) bond motifs is 2. The van der Waals surface area contributed by atoms with Crippen molar-refractivity contribution in [3.05, 3.63) is 53.6 Å². The van der Waals surface area contributed by atoms with Gasteiger partial charge >= 0.3 is 0 Å². The molecule has 2 saturated carbocycles. The maximum Gasteiger partial charge on any atom is 0.224 e. The molecule has 5 nitrogen and oxygen atoms in total. The monoisotopic (exact) mass is 377 g/mol. The number of hydrogen-bond acceptors (Lipinski definition) is 4. The number of ether oxygens (including phenoxy) is 1. The third kappa shape index (κ3) is 2.97. The summed E-state index contributed by atoms with van der Waals surface area (Å²) in [7, 11) is 0. The fourth-order valence-corrected chi connectivity index (χ4v) is 4.99. The van der Waals surface area contributed by atoms with E-state index in [1.165, 1.54) is 5.56 Å². The molecule has 146 valence electrons. The molecule has 3 atom stereocenters. The van der Waals surface area contributed by atoms with Crippen LogP contribution in [-0.2, 0) is 10.2 Å². The first-order valence-corrected chi connectivity index (χ1v) is 10.3. The Balaban J connectivity index is 1.40. The highest BCUT2D eigenvalue weighted by atomic mass is 16.5. The number of aromatic nitrogens is 2. The molecule has 5 rings (SSSR count). The van der Waals surface area contributed by atoms with Gasteiger partial charge in [-0.1, -0.05) is 18.2 Å². The van der Waals surface area contributed by atoms with Crippen LogP contribution in [0.1, 0.15) is 62.7 Å². The molecule has 1 amide bonds. The van der Waals surface area contributed by atoms with E-state index >= 15 is 0 Å². The van der Waals surface area contributed by atoms with E-state index in [1.807, 2.05) is 31.2 Å². The van der Waals surface area contributed by atoms with Crippen molar-refractivity contribution in [1.29, 1.82) is 0 Å². The molecule has 0 radical (unpaired) electrons. The van der Waals surface area contributed by atoms with Gasteiger partial charge in [0.05, 0.1) is 6.04 Å². The summed E-state index contributed by atoms with van der Waals surface area (Å²) in [4.78, 5) is 22.3. The van der Waals surface area contributed by atoms with Crippen LogP contribution in [0.5, 0.6) is 5.75 Å². The topological polar surface area (TPSA) is 64.1 Å². The summed E-state index contributed by atoms with van der Waals surface area (Å²) in [5.41, 5.74) is 1.75. The van der Waals surface area contributed by atoms with Crippen LogP contribution in [-0.4, -0.2) is 21.5 Å². The second-order valence-electron chi connectivity index (χ2n) is 9.33. The van der Waals surface area contributed by atoms with Gasteiger partial charge in [0.2, 0.25) is 5.91 Å². The lowest BCUT2D eigenvalue weighted by atomic mass is 9.80. The summed E-state index contributed by atoms with van der Waals surface area (Å²) < 4.78 is 6.18. The molecule has 1 aromatic carbocycles. The first-order chi connectivity index (χ1) is 13.4. The maximum absolute atomic E-state index is 13.3. The Morgan fingerprint density at radius 2 is 2.04 bits per heavy atom. The van der Waals surface area contributed by atoms with Gasteiger partial charge in [-0.15, -0.1) is 0 Å². The molecule has 2 aliphatic carbocycles. The summed E-state index contributed by atoms with van der Waals surface area (Å²) in [6.07, 6.45) is 5.79. The van der Waals surface area contributed by atoms with Gasteiger partial charge in [0.15, 0.2) is 5.82 Å². The van der Waals surface area contributed by atoms with Crippen molar-refractivity contribution in [3.63, 3.8) is 0 Å². The van der Waals surface area contributed by atoms with Gasteiger partial charge in [0.25, 0.3) is 0 Å². The fraction of sp³-hybridized carbons (Fsp3) is 0.522. The van der Waals surface area contributed by atoms with Gasteiger partial charge in [-0.3, -0.25) is 4.79 Å². The number of carbonyl (C=O) groups is 1. The van der Waals surface area contributed by atoms with E-state index < -0.39 is 0 Å². The average molecular weight is 377 g/mol. The molecule has 2 fully saturated rings. The summed E-state index contributed by atoms with van der Waals surface area (Å²) >= 11 is 0. The third-order valence-corrected chi connectivity index (χ3v) is 6.43. The molecule has 0 unspecified atom stereocenters. The smallest absolute Gasteiger partial charge is 0.224 e. The number of nitrogens with zero attached hydrogens (tertiary/aromatic N) is 2. The minimum absolute atomic E-state index is 0.0112. The Hall–Kier alpha value is -2.43. The minimum Gasteiger partial charge on any atom is -0.488 e. The number of rotatable bonds is 4. The third-order valence-electron chi connectivity index (χ3n) is 6.43. The zero-order chi connectivity index (χ0) is 19.5. The molecule has 3 aliphatic rings. The van der Waals surface area contributed by atoms with Crippen LogP contribution in [0.15, 0.2) is 36.5 Å². The van der Waals surface area contributed by atoms with Crippen LogP contribution in [0.2, 0.25) is 0 Å². The average Bonchev–Trinajstić information content (AvgIpc) is 3.55. The largest absolute Gasteiger partial charge is 0.488 e. The number of nitrogens with one attached hydrogen (secondary N) is 1. The lowest BCUT2D eigenvalue weighted by molar-refractivity contribution is -0.124. The highest BCUT2D eigenvalue weighted by molar-refractivity contribution is 5.85. The quantitative estimate of drug-likeness (QED) is 0.878. The highest BCUT2D eigenvalue weighted by Gasteiger charge is 2.64. The number of para-hydroxylation sites is 1. The molecule has 1 N–H and O–H groups in total. The molecule has 2 aromatic rings. The fourth-order valence-electron chi connectivity index (χ4n) is 4.99. The SMILES string of the molecule is Cc1ccnc([C@H](NC(=O)[C@H]2C[C@@]23CC(C)(C)Oc2ccccc23)C2CC2)n1. The molecule has 5 heteroatoms. The van der Waals surface area contributed by atoms with E-state index in [1.54, 1.807) is 6.20 Å². The second kappa shape index (κ2) is 6.03. The Kier molecular flexibility index (Phi) is 3.80. The molecule has 1 spiro atoms. The summed E-state index contributed by atoms with van der Waals surface area (Å²) in [5, 5.41) is 3.31. The predicted octanol–water partition coefficient (Wildman–Crippen LogP) is 3.87. The minimum atomic E-state index is -0.265. The normalized spacial score (nSPS) is 28.2. The van der Waals surface area contributed by atoms with Crippen molar-refractivity contribution in [2.45, 2.75) is 63.5 Å². The number of aryl methyl sites for hydroxylation is 1. The molecule has 2 heterocycles. The van der Waals surface area contributed by atoms with Gasteiger partial charge in [0, 0.05) is 28.8 Å². The van der Waals surface area contributed by atoms with Crippen LogP contribution in [0, 0.1) is 18.8 Å². The van der Waals surface area contributed by atoms with Crippen molar-refractivity contribution in [2.24, 2.45) is 11.8 Å². The van der Waals surface area contributed by atoms with E-state index in [0.717, 1.165) is 43.0 Å². The molecular formula is C23H27N3O2. The maximum atomic E-state index is 13.3. The Morgan fingerprint density at radius 3 is 2.79 bits per heavy atom. The Bertz CT molecular complexity index is 937. The van der Waals surface area contributed by atoms with Gasteiger partial charge in [-0.25, -0.2) is 9.97 Å². The van der Waals surface area contributed by atoms with Gasteiger partial charge < -0.3 is 10.1 Å². The Labute approximate surface area is 165 Å². The highest BCUT2D eigenvalue weighted by Crippen LogP contribution is 2.63. The van der Waals surface area contributed by atoms with Crippen LogP contribution in [0.25, 0.3) is 0 Å². The van der Waals surface area contributed by atoms with Gasteiger partial charge in [-0.05, 0) is 64.5 Å². The van der Waals surface area contributed by atoms with Crippen molar-refractivity contribution in [3.8, 4) is 5.75 Å². The molecule has 0 bridgehead atoms. The van der Waals surface area contributed by atoms with E-state index in [2.05, 4.69) is 35.2 Å². The van der Waals surface area contributed by atoms with Crippen LogP contribution < -0.4 is 10.1 Å². The molecule has 0 saturated heterocycles. The number of carbonyl (C=O) groups excluding carboxylic acids is 1. The van der Waals surface area contributed by atoms with Crippen LogP contribution in [0.3, 0.4) is 0 Å². The second-order valence-corrected chi connectivity index (χ2v) is 9.33. The summed E-state index contributed by atoms with van der Waals surface area (Å²) in [6, 6.07) is 10.0. The van der Waals surface area contributed by atoms with Crippen LogP contribution in [0.4, 0.5) is 0 Å². The van der Waals surface area contributed by atoms with E-state index in [4.69, 9.17) is 4.74 Å². The summed E-state index contributed by atoms with van der Waals surface area (Å²) in [5.74, 6) is 2.25. The van der Waals surface area contributed by atoms with Gasteiger partial charge in [0.1, 0.15) is 11.4 Å². The predicted molar refractivity (Wildman–Crippen MR) is 106 cm³/mol. The first-order valence-electron chi connectivity index (χ1n) is 10.3. The molecule has 1 aromatic heterocycles. The number of benzene rings is 1. The van der Waals surface area contributed by atoms with Crippen molar-refractivity contribution >= 4 is 5.91 Å². The zero-order valence-electron chi connectivity index (χ0n) is 16.7. The summed E-state index contributed by atoms with van der Waals surface area (Å²) in [6.45, 7) is 6.20. The number of hydrogen-bond donors (Lipinski definition) is 1. The van der Waals surface area contributed by atoms with E-state index in [9.17, 15) is 4.79 Å². The van der Waals surface area contributed by atoms with E-state index in [-0.39, 0.29) is 28.9 Å². The van der Waals surface area contributed by atoms with Crippen molar-refractivity contribution in [2.75, 3.05) is 0 Å². The Morgan fingerprint density at radius 1 is 1.25 bits per heavy atom. The number of amides is 1. The lowest BCUT2D eigenvalue weighted by Gasteiger charge is -2.38. The lowest BCUT2D eigenvalue weighted by Crippen LogP contribution is -2.41. The van der Waals surface area contributed by atoms with Crippen LogP contribution >= 0.6 is 0 Å². The molecule has 1 aliphatic heterocycles. The van der Waals surface area contributed by atoms with E-state index in [0.29, 0.717) is 5.92 Å².